The van der Waals surface area contributed by atoms with Gasteiger partial charge in [-0.2, -0.15) is 0 Å². The van der Waals surface area contributed by atoms with Crippen molar-refractivity contribution < 1.29 is 9.59 Å². The number of amides is 2. The Kier molecular flexibility index (Phi) is 4.18. The number of carbonyl (C=O) groups is 2. The maximum atomic E-state index is 12.4. The van der Waals surface area contributed by atoms with E-state index in [4.69, 9.17) is 0 Å². The summed E-state index contributed by atoms with van der Waals surface area (Å²) in [5, 5.41) is 0. The van der Waals surface area contributed by atoms with Crippen LogP contribution < -0.4 is 0 Å². The summed E-state index contributed by atoms with van der Waals surface area (Å²) < 4.78 is 0.933. The molecule has 0 atom stereocenters. The van der Waals surface area contributed by atoms with Gasteiger partial charge in [0.15, 0.2) is 0 Å². The minimum Gasteiger partial charge on any atom is -0.335 e. The Morgan fingerprint density at radius 1 is 1.15 bits per heavy atom. The molecule has 2 rings (SSSR count). The molecule has 0 saturated carbocycles. The number of halogens is 1. The third-order valence-electron chi connectivity index (χ3n) is 3.41. The molecule has 0 spiro atoms. The normalized spacial score (nSPS) is 16.5. The number of carbonyl (C=O) groups excluding carboxylic acids is 2. The lowest BCUT2D eigenvalue weighted by Gasteiger charge is -2.42. The van der Waals surface area contributed by atoms with E-state index in [1.54, 1.807) is 17.0 Å². The first-order valence-corrected chi connectivity index (χ1v) is 7.43. The van der Waals surface area contributed by atoms with Crippen LogP contribution in [0.15, 0.2) is 28.7 Å². The Labute approximate surface area is 127 Å². The molecule has 1 aromatic carbocycles. The van der Waals surface area contributed by atoms with Crippen LogP contribution in [0.1, 0.15) is 31.1 Å². The largest absolute Gasteiger partial charge is 0.335 e. The first-order chi connectivity index (χ1) is 9.29. The molecule has 1 aliphatic rings. The number of nitrogens with zero attached hydrogens (tertiary/aromatic N) is 2. The van der Waals surface area contributed by atoms with Gasteiger partial charge in [0.25, 0.3) is 5.91 Å². The molecule has 108 valence electrons. The van der Waals surface area contributed by atoms with Crippen LogP contribution >= 0.6 is 15.9 Å². The predicted octanol–water partition coefficient (Wildman–Crippen LogP) is 2.53. The third kappa shape index (κ3) is 3.20. The van der Waals surface area contributed by atoms with E-state index in [-0.39, 0.29) is 23.9 Å². The van der Waals surface area contributed by atoms with Gasteiger partial charge in [0.2, 0.25) is 5.91 Å². The molecule has 1 aliphatic heterocycles. The fourth-order valence-corrected chi connectivity index (χ4v) is 2.60. The molecule has 1 fully saturated rings. The monoisotopic (exact) mass is 338 g/mol. The molecule has 0 aliphatic carbocycles. The Morgan fingerprint density at radius 3 is 2.25 bits per heavy atom. The number of hydrogen-bond donors (Lipinski definition) is 0. The molecule has 1 saturated heterocycles. The zero-order valence-electron chi connectivity index (χ0n) is 12.0. The summed E-state index contributed by atoms with van der Waals surface area (Å²) in [6.45, 7) is 7.36. The highest BCUT2D eigenvalue weighted by Crippen LogP contribution is 2.19. The van der Waals surface area contributed by atoms with Crippen LogP contribution in [0.2, 0.25) is 0 Å². The van der Waals surface area contributed by atoms with Gasteiger partial charge < -0.3 is 9.80 Å². The number of hydrogen-bond acceptors (Lipinski definition) is 2. The van der Waals surface area contributed by atoms with Crippen LogP contribution in [0.25, 0.3) is 0 Å². The second kappa shape index (κ2) is 5.56. The summed E-state index contributed by atoms with van der Waals surface area (Å²) in [5.41, 5.74) is 0.425. The predicted molar refractivity (Wildman–Crippen MR) is 81.5 cm³/mol. The van der Waals surface area contributed by atoms with Crippen molar-refractivity contribution in [3.63, 3.8) is 0 Å². The van der Waals surface area contributed by atoms with Gasteiger partial charge in [0, 0.05) is 28.7 Å². The first-order valence-electron chi connectivity index (χ1n) is 6.64. The minimum absolute atomic E-state index is 0.00853. The van der Waals surface area contributed by atoms with Crippen molar-refractivity contribution in [3.05, 3.63) is 34.3 Å². The van der Waals surface area contributed by atoms with E-state index in [9.17, 15) is 9.59 Å². The van der Waals surface area contributed by atoms with Gasteiger partial charge >= 0.3 is 0 Å². The van der Waals surface area contributed by atoms with Crippen LogP contribution in [0.4, 0.5) is 0 Å². The highest BCUT2D eigenvalue weighted by atomic mass is 79.9. The average molecular weight is 339 g/mol. The number of piperazine rings is 1. The lowest BCUT2D eigenvalue weighted by molar-refractivity contribution is -0.140. The van der Waals surface area contributed by atoms with E-state index in [1.165, 1.54) is 0 Å². The Hall–Kier alpha value is -1.36. The maximum Gasteiger partial charge on any atom is 0.254 e. The van der Waals surface area contributed by atoms with Crippen molar-refractivity contribution >= 4 is 27.7 Å². The topological polar surface area (TPSA) is 40.6 Å². The average Bonchev–Trinajstić information content (AvgIpc) is 2.37. The van der Waals surface area contributed by atoms with Crippen LogP contribution in [0, 0.1) is 0 Å². The summed E-state index contributed by atoms with van der Waals surface area (Å²) in [7, 11) is 0. The van der Waals surface area contributed by atoms with Crippen molar-refractivity contribution in [2.24, 2.45) is 0 Å². The highest BCUT2D eigenvalue weighted by molar-refractivity contribution is 9.10. The van der Waals surface area contributed by atoms with Gasteiger partial charge in [-0.25, -0.2) is 0 Å². The lowest BCUT2D eigenvalue weighted by atomic mass is 10.0. The molecule has 5 heteroatoms. The molecule has 1 aromatic rings. The molecule has 0 bridgehead atoms. The molecule has 2 amide bonds. The zero-order chi connectivity index (χ0) is 14.9. The van der Waals surface area contributed by atoms with E-state index < -0.39 is 0 Å². The summed E-state index contributed by atoms with van der Waals surface area (Å²) in [4.78, 5) is 28.0. The highest BCUT2D eigenvalue weighted by Gasteiger charge is 2.33. The molecule has 0 radical (unpaired) electrons. The second-order valence-corrected chi connectivity index (χ2v) is 6.87. The van der Waals surface area contributed by atoms with Crippen molar-refractivity contribution in [3.8, 4) is 0 Å². The van der Waals surface area contributed by atoms with Crippen molar-refractivity contribution in [1.82, 2.24) is 9.80 Å². The van der Waals surface area contributed by atoms with Gasteiger partial charge in [-0.05, 0) is 45.0 Å². The summed E-state index contributed by atoms with van der Waals surface area (Å²) in [5.74, 6) is -0.0754. The molecule has 0 aromatic heterocycles. The molecular formula is C15H19BrN2O2. The van der Waals surface area contributed by atoms with Crippen molar-refractivity contribution in [1.29, 1.82) is 0 Å². The van der Waals surface area contributed by atoms with Crippen LogP contribution in [-0.4, -0.2) is 46.8 Å². The maximum absolute atomic E-state index is 12.4. The molecule has 0 N–H and O–H groups in total. The van der Waals surface area contributed by atoms with E-state index in [1.807, 2.05) is 37.8 Å². The smallest absolute Gasteiger partial charge is 0.254 e. The van der Waals surface area contributed by atoms with Crippen LogP contribution in [0.3, 0.4) is 0 Å². The van der Waals surface area contributed by atoms with Gasteiger partial charge in [-0.3, -0.25) is 9.59 Å². The molecule has 0 unspecified atom stereocenters. The van der Waals surface area contributed by atoms with Gasteiger partial charge in [-0.15, -0.1) is 0 Å². The fourth-order valence-electron chi connectivity index (χ4n) is 2.33. The summed E-state index contributed by atoms with van der Waals surface area (Å²) in [6, 6.07) is 7.21. The molecule has 4 nitrogen and oxygen atoms in total. The SMILES string of the molecule is CC(C)(C)N1CCN(C(=O)c2ccc(Br)cc2)CC1=O. The van der Waals surface area contributed by atoms with Crippen molar-refractivity contribution in [2.75, 3.05) is 19.6 Å². The quantitative estimate of drug-likeness (QED) is 0.789. The Bertz CT molecular complexity index is 520. The standard InChI is InChI=1S/C15H19BrN2O2/c1-15(2,3)18-9-8-17(10-13(18)19)14(20)11-4-6-12(16)7-5-11/h4-7H,8-10H2,1-3H3. The summed E-state index contributed by atoms with van der Waals surface area (Å²) in [6.07, 6.45) is 0. The van der Waals surface area contributed by atoms with E-state index >= 15 is 0 Å². The molecule has 1 heterocycles. The first kappa shape index (κ1) is 15.0. The van der Waals surface area contributed by atoms with Crippen LogP contribution in [-0.2, 0) is 4.79 Å². The summed E-state index contributed by atoms with van der Waals surface area (Å²) >= 11 is 3.34. The minimum atomic E-state index is -0.191. The fraction of sp³-hybridized carbons (Fsp3) is 0.467. The Morgan fingerprint density at radius 2 is 1.75 bits per heavy atom. The van der Waals surface area contributed by atoms with E-state index in [0.29, 0.717) is 18.7 Å². The zero-order valence-corrected chi connectivity index (χ0v) is 13.6. The van der Waals surface area contributed by atoms with E-state index in [2.05, 4.69) is 15.9 Å². The number of benzene rings is 1. The van der Waals surface area contributed by atoms with Crippen molar-refractivity contribution in [2.45, 2.75) is 26.3 Å². The van der Waals surface area contributed by atoms with Gasteiger partial charge in [0.05, 0.1) is 0 Å². The van der Waals surface area contributed by atoms with Gasteiger partial charge in [-0.1, -0.05) is 15.9 Å². The molecule has 20 heavy (non-hydrogen) atoms. The number of rotatable bonds is 1. The third-order valence-corrected chi connectivity index (χ3v) is 3.94. The van der Waals surface area contributed by atoms with Gasteiger partial charge in [0.1, 0.15) is 6.54 Å². The Balaban J connectivity index is 2.08. The lowest BCUT2D eigenvalue weighted by Crippen LogP contribution is -2.58. The molecular weight excluding hydrogens is 320 g/mol. The van der Waals surface area contributed by atoms with Crippen LogP contribution in [0.5, 0.6) is 0 Å². The second-order valence-electron chi connectivity index (χ2n) is 5.95. The van der Waals surface area contributed by atoms with E-state index in [0.717, 1.165) is 4.47 Å².